The molecule has 1 aromatic heterocycles. The standard InChI is InChI=1S/C26H30N2O4/c1-17-13-18(2)25-22(29)15-24(32-23(25)14-17)26(30)27-16-21(28-11-5-4-6-12-28)19-7-9-20(31-3)10-8-19/h7-10,13-15,21H,4-6,11-12,16H2,1-3H3,(H,27,30)/t21-/m0/s1. The van der Waals surface area contributed by atoms with Gasteiger partial charge in [-0.1, -0.05) is 24.6 Å². The molecule has 1 aliphatic heterocycles. The molecule has 1 aliphatic rings. The number of carbonyl (C=O) groups is 1. The highest BCUT2D eigenvalue weighted by Gasteiger charge is 2.24. The first kappa shape index (κ1) is 22.1. The smallest absolute Gasteiger partial charge is 0.287 e. The average Bonchev–Trinajstić information content (AvgIpc) is 2.79. The van der Waals surface area contributed by atoms with Crippen LogP contribution >= 0.6 is 0 Å². The van der Waals surface area contributed by atoms with E-state index in [0.29, 0.717) is 17.5 Å². The van der Waals surface area contributed by atoms with E-state index in [1.807, 2.05) is 44.2 Å². The molecule has 168 valence electrons. The van der Waals surface area contributed by atoms with Crippen LogP contribution in [0.5, 0.6) is 5.75 Å². The van der Waals surface area contributed by atoms with Gasteiger partial charge in [-0.2, -0.15) is 0 Å². The highest BCUT2D eigenvalue weighted by molar-refractivity contribution is 5.93. The van der Waals surface area contributed by atoms with Gasteiger partial charge in [0.1, 0.15) is 11.3 Å². The van der Waals surface area contributed by atoms with Gasteiger partial charge in [0.25, 0.3) is 5.91 Å². The summed E-state index contributed by atoms with van der Waals surface area (Å²) in [5.74, 6) is 0.469. The van der Waals surface area contributed by atoms with Gasteiger partial charge >= 0.3 is 0 Å². The van der Waals surface area contributed by atoms with Crippen molar-refractivity contribution >= 4 is 16.9 Å². The van der Waals surface area contributed by atoms with Gasteiger partial charge in [0.15, 0.2) is 11.2 Å². The average molecular weight is 435 g/mol. The Labute approximate surface area is 188 Å². The maximum atomic E-state index is 12.9. The third-order valence-electron chi connectivity index (χ3n) is 6.18. The van der Waals surface area contributed by atoms with Gasteiger partial charge in [-0.15, -0.1) is 0 Å². The molecule has 2 aromatic carbocycles. The predicted molar refractivity (Wildman–Crippen MR) is 125 cm³/mol. The summed E-state index contributed by atoms with van der Waals surface area (Å²) in [7, 11) is 1.65. The van der Waals surface area contributed by atoms with Gasteiger partial charge in [0, 0.05) is 12.6 Å². The minimum Gasteiger partial charge on any atom is -0.497 e. The molecule has 1 amide bonds. The van der Waals surface area contributed by atoms with E-state index in [-0.39, 0.29) is 23.1 Å². The third-order valence-corrected chi connectivity index (χ3v) is 6.18. The second kappa shape index (κ2) is 9.57. The van der Waals surface area contributed by atoms with E-state index < -0.39 is 0 Å². The van der Waals surface area contributed by atoms with Gasteiger partial charge < -0.3 is 14.5 Å². The summed E-state index contributed by atoms with van der Waals surface area (Å²) in [6.07, 6.45) is 3.54. The Bertz CT molecular complexity index is 1160. The van der Waals surface area contributed by atoms with Crippen molar-refractivity contribution in [2.24, 2.45) is 0 Å². The van der Waals surface area contributed by atoms with E-state index >= 15 is 0 Å². The highest BCUT2D eigenvalue weighted by Crippen LogP contribution is 2.26. The topological polar surface area (TPSA) is 71.8 Å². The molecule has 1 saturated heterocycles. The van der Waals surface area contributed by atoms with Gasteiger partial charge in [-0.25, -0.2) is 0 Å². The van der Waals surface area contributed by atoms with Crippen LogP contribution in [0.1, 0.15) is 52.5 Å². The van der Waals surface area contributed by atoms with E-state index in [1.54, 1.807) is 13.2 Å². The Kier molecular flexibility index (Phi) is 6.61. The molecule has 0 radical (unpaired) electrons. The van der Waals surface area contributed by atoms with Crippen LogP contribution in [0.25, 0.3) is 11.0 Å². The first-order chi connectivity index (χ1) is 15.5. The van der Waals surface area contributed by atoms with E-state index in [2.05, 4.69) is 10.2 Å². The van der Waals surface area contributed by atoms with Gasteiger partial charge in [0.2, 0.25) is 0 Å². The molecule has 6 nitrogen and oxygen atoms in total. The maximum absolute atomic E-state index is 12.9. The number of ether oxygens (including phenoxy) is 1. The van der Waals surface area contributed by atoms with Crippen LogP contribution in [-0.4, -0.2) is 37.6 Å². The lowest BCUT2D eigenvalue weighted by Crippen LogP contribution is -2.40. The SMILES string of the molecule is COc1ccc([C@H](CNC(=O)c2cc(=O)c3c(C)cc(C)cc3o2)N2CCCCC2)cc1. The molecule has 4 rings (SSSR count). The van der Waals surface area contributed by atoms with Crippen molar-refractivity contribution < 1.29 is 13.9 Å². The van der Waals surface area contributed by atoms with Crippen molar-refractivity contribution in [1.82, 2.24) is 10.2 Å². The molecule has 32 heavy (non-hydrogen) atoms. The fourth-order valence-corrected chi connectivity index (χ4v) is 4.57. The first-order valence-electron chi connectivity index (χ1n) is 11.2. The summed E-state index contributed by atoms with van der Waals surface area (Å²) in [4.78, 5) is 28.0. The summed E-state index contributed by atoms with van der Waals surface area (Å²) in [5, 5.41) is 3.52. The number of amides is 1. The number of nitrogens with zero attached hydrogens (tertiary/aromatic N) is 1. The van der Waals surface area contributed by atoms with Crippen LogP contribution < -0.4 is 15.5 Å². The molecular formula is C26H30N2O4. The zero-order valence-corrected chi connectivity index (χ0v) is 18.9. The van der Waals surface area contributed by atoms with Crippen LogP contribution in [0.4, 0.5) is 0 Å². The number of nitrogens with one attached hydrogen (secondary N) is 1. The molecule has 1 fully saturated rings. The second-order valence-corrected chi connectivity index (χ2v) is 8.53. The van der Waals surface area contributed by atoms with Crippen molar-refractivity contribution in [2.45, 2.75) is 39.2 Å². The quantitative estimate of drug-likeness (QED) is 0.624. The van der Waals surface area contributed by atoms with Gasteiger partial charge in [-0.3, -0.25) is 14.5 Å². The molecule has 2 heterocycles. The molecule has 0 saturated carbocycles. The Hall–Kier alpha value is -3.12. The number of benzene rings is 2. The molecule has 1 atom stereocenters. The van der Waals surface area contributed by atoms with Crippen molar-refractivity contribution in [3.8, 4) is 5.75 Å². The molecule has 1 N–H and O–H groups in total. The number of rotatable bonds is 6. The third kappa shape index (κ3) is 4.70. The summed E-state index contributed by atoms with van der Waals surface area (Å²) >= 11 is 0. The number of fused-ring (bicyclic) bond motifs is 1. The number of methoxy groups -OCH3 is 1. The molecule has 0 unspecified atom stereocenters. The number of hydrogen-bond donors (Lipinski definition) is 1. The highest BCUT2D eigenvalue weighted by atomic mass is 16.5. The predicted octanol–water partition coefficient (Wildman–Crippen LogP) is 4.38. The molecular weight excluding hydrogens is 404 g/mol. The summed E-state index contributed by atoms with van der Waals surface area (Å²) in [5.41, 5.74) is 3.21. The molecule has 0 aliphatic carbocycles. The largest absolute Gasteiger partial charge is 0.497 e. The Balaban J connectivity index is 1.57. The van der Waals surface area contributed by atoms with E-state index in [4.69, 9.17) is 9.15 Å². The van der Waals surface area contributed by atoms with Crippen LogP contribution in [0, 0.1) is 13.8 Å². The molecule has 6 heteroatoms. The fourth-order valence-electron chi connectivity index (χ4n) is 4.57. The lowest BCUT2D eigenvalue weighted by atomic mass is 10.0. The van der Waals surface area contributed by atoms with Crippen LogP contribution in [0.15, 0.2) is 51.7 Å². The zero-order chi connectivity index (χ0) is 22.7. The molecule has 0 spiro atoms. The number of carbonyl (C=O) groups excluding carboxylic acids is 1. The minimum atomic E-state index is -0.376. The minimum absolute atomic E-state index is 0.0413. The summed E-state index contributed by atoms with van der Waals surface area (Å²) in [6, 6.07) is 13.1. The Morgan fingerprint density at radius 1 is 1.09 bits per heavy atom. The van der Waals surface area contributed by atoms with Crippen LogP contribution in [-0.2, 0) is 0 Å². The van der Waals surface area contributed by atoms with Crippen LogP contribution in [0.2, 0.25) is 0 Å². The van der Waals surface area contributed by atoms with Gasteiger partial charge in [-0.05, 0) is 74.7 Å². The lowest BCUT2D eigenvalue weighted by molar-refractivity contribution is 0.0897. The van der Waals surface area contributed by atoms with Crippen molar-refractivity contribution in [2.75, 3.05) is 26.7 Å². The zero-order valence-electron chi connectivity index (χ0n) is 18.9. The second-order valence-electron chi connectivity index (χ2n) is 8.53. The first-order valence-corrected chi connectivity index (χ1v) is 11.2. The monoisotopic (exact) mass is 434 g/mol. The Morgan fingerprint density at radius 3 is 2.50 bits per heavy atom. The van der Waals surface area contributed by atoms with E-state index in [1.165, 1.54) is 12.5 Å². The number of likely N-dealkylation sites (tertiary alicyclic amines) is 1. The summed E-state index contributed by atoms with van der Waals surface area (Å²) < 4.78 is 11.1. The van der Waals surface area contributed by atoms with Crippen molar-refractivity contribution in [1.29, 1.82) is 0 Å². The van der Waals surface area contributed by atoms with Crippen molar-refractivity contribution in [3.63, 3.8) is 0 Å². The number of piperidine rings is 1. The molecule has 3 aromatic rings. The Morgan fingerprint density at radius 2 is 1.81 bits per heavy atom. The van der Waals surface area contributed by atoms with Crippen LogP contribution in [0.3, 0.4) is 0 Å². The van der Waals surface area contributed by atoms with Crippen molar-refractivity contribution in [3.05, 3.63) is 75.1 Å². The molecule has 0 bridgehead atoms. The number of aryl methyl sites for hydroxylation is 2. The lowest BCUT2D eigenvalue weighted by Gasteiger charge is -2.35. The van der Waals surface area contributed by atoms with E-state index in [0.717, 1.165) is 48.4 Å². The van der Waals surface area contributed by atoms with Gasteiger partial charge in [0.05, 0.1) is 18.5 Å². The normalized spacial score (nSPS) is 15.5. The summed E-state index contributed by atoms with van der Waals surface area (Å²) in [6.45, 7) is 6.24. The van der Waals surface area contributed by atoms with E-state index in [9.17, 15) is 9.59 Å². The number of hydrogen-bond acceptors (Lipinski definition) is 5. The maximum Gasteiger partial charge on any atom is 0.287 e. The fraction of sp³-hybridized carbons (Fsp3) is 0.385.